The Bertz CT molecular complexity index is 1150. The van der Waals surface area contributed by atoms with Crippen molar-refractivity contribution in [3.8, 4) is 11.5 Å². The Hall–Kier alpha value is -2.63. The van der Waals surface area contributed by atoms with Gasteiger partial charge in [-0.05, 0) is 25.0 Å². The van der Waals surface area contributed by atoms with Crippen molar-refractivity contribution in [1.82, 2.24) is 19.0 Å². The number of piperidine rings is 1. The maximum absolute atomic E-state index is 13.0. The minimum absolute atomic E-state index is 0.0699. The zero-order valence-electron chi connectivity index (χ0n) is 17.3. The molecule has 1 aliphatic heterocycles. The van der Waals surface area contributed by atoms with Gasteiger partial charge in [-0.3, -0.25) is 9.20 Å². The van der Waals surface area contributed by atoms with E-state index in [1.165, 1.54) is 42.0 Å². The molecule has 0 atom stereocenters. The molecule has 3 aromatic rings. The number of hydrogen-bond donors (Lipinski definition) is 1. The van der Waals surface area contributed by atoms with E-state index >= 15 is 0 Å². The number of fused-ring (bicyclic) bond motifs is 1. The van der Waals surface area contributed by atoms with Crippen molar-refractivity contribution < 1.29 is 22.7 Å². The zero-order valence-corrected chi connectivity index (χ0v) is 18.9. The van der Waals surface area contributed by atoms with Crippen molar-refractivity contribution >= 4 is 32.2 Å². The molecule has 1 amide bonds. The van der Waals surface area contributed by atoms with Gasteiger partial charge in [-0.2, -0.15) is 4.31 Å². The Morgan fingerprint density at radius 2 is 1.97 bits per heavy atom. The topological polar surface area (TPSA) is 102 Å². The highest BCUT2D eigenvalue weighted by Crippen LogP contribution is 2.32. The molecule has 11 heteroatoms. The minimum Gasteiger partial charge on any atom is -0.493 e. The summed E-state index contributed by atoms with van der Waals surface area (Å²) in [5, 5.41) is 4.88. The molecule has 0 unspecified atom stereocenters. The lowest BCUT2D eigenvalue weighted by Gasteiger charge is -2.30. The number of sulfonamides is 1. The monoisotopic (exact) mass is 464 g/mol. The van der Waals surface area contributed by atoms with Crippen LogP contribution in [0.25, 0.3) is 4.96 Å². The summed E-state index contributed by atoms with van der Waals surface area (Å²) in [5.41, 5.74) is 0.800. The van der Waals surface area contributed by atoms with Gasteiger partial charge in [0.1, 0.15) is 0 Å². The minimum atomic E-state index is -3.68. The van der Waals surface area contributed by atoms with Crippen LogP contribution in [0.15, 0.2) is 40.9 Å². The molecule has 3 heterocycles. The fourth-order valence-electron chi connectivity index (χ4n) is 3.67. The molecule has 31 heavy (non-hydrogen) atoms. The summed E-state index contributed by atoms with van der Waals surface area (Å²) in [6.07, 6.45) is 4.75. The quantitative estimate of drug-likeness (QED) is 0.575. The van der Waals surface area contributed by atoms with Crippen LogP contribution in [0, 0.1) is 5.92 Å². The van der Waals surface area contributed by atoms with Crippen LogP contribution in [-0.4, -0.2) is 55.3 Å². The van der Waals surface area contributed by atoms with Gasteiger partial charge in [0, 0.05) is 42.8 Å². The largest absolute Gasteiger partial charge is 0.493 e. The van der Waals surface area contributed by atoms with Crippen LogP contribution in [0.4, 0.5) is 0 Å². The van der Waals surface area contributed by atoms with Crippen molar-refractivity contribution in [3.63, 3.8) is 0 Å². The highest BCUT2D eigenvalue weighted by atomic mass is 32.2. The van der Waals surface area contributed by atoms with Crippen molar-refractivity contribution in [2.24, 2.45) is 5.92 Å². The number of ether oxygens (including phenoxy) is 2. The molecule has 1 fully saturated rings. The zero-order chi connectivity index (χ0) is 22.0. The van der Waals surface area contributed by atoms with Gasteiger partial charge in [0.25, 0.3) is 0 Å². The Morgan fingerprint density at radius 3 is 2.65 bits per heavy atom. The number of nitrogens with one attached hydrogen (secondary N) is 1. The molecule has 1 N–H and O–H groups in total. The molecule has 1 aromatic carbocycles. The molecule has 0 saturated carbocycles. The first-order chi connectivity index (χ1) is 14.9. The number of rotatable bonds is 7. The highest BCUT2D eigenvalue weighted by molar-refractivity contribution is 7.89. The molecule has 1 saturated heterocycles. The molecular weight excluding hydrogens is 440 g/mol. The summed E-state index contributed by atoms with van der Waals surface area (Å²) in [6.45, 7) is 0.932. The van der Waals surface area contributed by atoms with Gasteiger partial charge in [0.15, 0.2) is 16.5 Å². The summed E-state index contributed by atoms with van der Waals surface area (Å²) in [4.78, 5) is 18.1. The van der Waals surface area contributed by atoms with E-state index in [0.29, 0.717) is 30.9 Å². The maximum atomic E-state index is 13.0. The second-order valence-corrected chi connectivity index (χ2v) is 10.0. The van der Waals surface area contributed by atoms with E-state index in [0.717, 1.165) is 10.7 Å². The van der Waals surface area contributed by atoms with Crippen LogP contribution in [0.5, 0.6) is 11.5 Å². The molecule has 0 bridgehead atoms. The number of benzene rings is 1. The SMILES string of the molecule is COc1ccc(S(=O)(=O)N2CCC(C(=O)NCc3cn4ccsc4n3)CC2)cc1OC. The normalized spacial score (nSPS) is 15.8. The fourth-order valence-corrected chi connectivity index (χ4v) is 5.87. The number of methoxy groups -OCH3 is 2. The second-order valence-electron chi connectivity index (χ2n) is 7.24. The number of nitrogens with zero attached hydrogens (tertiary/aromatic N) is 3. The van der Waals surface area contributed by atoms with Crippen LogP contribution < -0.4 is 14.8 Å². The second kappa shape index (κ2) is 8.85. The first-order valence-electron chi connectivity index (χ1n) is 9.83. The third kappa shape index (κ3) is 4.39. The Kier molecular flexibility index (Phi) is 6.17. The lowest BCUT2D eigenvalue weighted by atomic mass is 9.97. The van der Waals surface area contributed by atoms with E-state index in [-0.39, 0.29) is 29.8 Å². The molecular formula is C20H24N4O5S2. The number of imidazole rings is 1. The third-order valence-corrected chi connectivity index (χ3v) is 8.07. The van der Waals surface area contributed by atoms with Crippen LogP contribution in [0.2, 0.25) is 0 Å². The van der Waals surface area contributed by atoms with E-state index in [1.807, 2.05) is 22.2 Å². The number of carbonyl (C=O) groups is 1. The standard InChI is InChI=1S/C20H24N4O5S2/c1-28-17-4-3-16(11-18(17)29-2)31(26,27)24-7-5-14(6-8-24)19(25)21-12-15-13-23-9-10-30-20(23)22-15/h3-4,9-11,13-14H,5-8,12H2,1-2H3,(H,21,25). The van der Waals surface area contributed by atoms with Gasteiger partial charge in [-0.15, -0.1) is 11.3 Å². The first kappa shape index (κ1) is 21.6. The van der Waals surface area contributed by atoms with E-state index in [2.05, 4.69) is 10.3 Å². The molecule has 2 aromatic heterocycles. The van der Waals surface area contributed by atoms with Crippen molar-refractivity contribution in [2.45, 2.75) is 24.3 Å². The van der Waals surface area contributed by atoms with Crippen molar-refractivity contribution in [3.05, 3.63) is 41.7 Å². The van der Waals surface area contributed by atoms with Gasteiger partial charge in [-0.25, -0.2) is 13.4 Å². The maximum Gasteiger partial charge on any atom is 0.243 e. The lowest BCUT2D eigenvalue weighted by molar-refractivity contribution is -0.126. The van der Waals surface area contributed by atoms with Crippen LogP contribution in [0.1, 0.15) is 18.5 Å². The van der Waals surface area contributed by atoms with E-state index < -0.39 is 10.0 Å². The van der Waals surface area contributed by atoms with E-state index in [4.69, 9.17) is 9.47 Å². The summed E-state index contributed by atoms with van der Waals surface area (Å²) in [6, 6.07) is 4.54. The van der Waals surface area contributed by atoms with Crippen LogP contribution >= 0.6 is 11.3 Å². The van der Waals surface area contributed by atoms with Crippen LogP contribution in [-0.2, 0) is 21.4 Å². The van der Waals surface area contributed by atoms with E-state index in [9.17, 15) is 13.2 Å². The average Bonchev–Trinajstić information content (AvgIpc) is 3.39. The molecule has 166 valence electrons. The molecule has 0 radical (unpaired) electrons. The Balaban J connectivity index is 1.35. The summed E-state index contributed by atoms with van der Waals surface area (Å²) in [5.74, 6) is 0.534. The van der Waals surface area contributed by atoms with Gasteiger partial charge in [0.2, 0.25) is 15.9 Å². The fraction of sp³-hybridized carbons (Fsp3) is 0.400. The molecule has 9 nitrogen and oxygen atoms in total. The first-order valence-corrected chi connectivity index (χ1v) is 12.2. The highest BCUT2D eigenvalue weighted by Gasteiger charge is 2.32. The van der Waals surface area contributed by atoms with Crippen molar-refractivity contribution in [1.29, 1.82) is 0 Å². The molecule has 0 spiro atoms. The number of aromatic nitrogens is 2. The molecule has 0 aliphatic carbocycles. The predicted molar refractivity (Wildman–Crippen MR) is 116 cm³/mol. The number of hydrogen-bond acceptors (Lipinski definition) is 7. The molecule has 4 rings (SSSR count). The summed E-state index contributed by atoms with van der Waals surface area (Å²) < 4.78 is 39.8. The summed E-state index contributed by atoms with van der Waals surface area (Å²) >= 11 is 1.54. The van der Waals surface area contributed by atoms with Gasteiger partial charge in [0.05, 0.1) is 31.4 Å². The molecule has 1 aliphatic rings. The van der Waals surface area contributed by atoms with Crippen molar-refractivity contribution in [2.75, 3.05) is 27.3 Å². The number of thiazole rings is 1. The van der Waals surface area contributed by atoms with E-state index in [1.54, 1.807) is 6.07 Å². The van der Waals surface area contributed by atoms with Crippen LogP contribution in [0.3, 0.4) is 0 Å². The van der Waals surface area contributed by atoms with Gasteiger partial charge in [-0.1, -0.05) is 0 Å². The Morgan fingerprint density at radius 1 is 1.23 bits per heavy atom. The smallest absolute Gasteiger partial charge is 0.243 e. The van der Waals surface area contributed by atoms with Gasteiger partial charge >= 0.3 is 0 Å². The average molecular weight is 465 g/mol. The summed E-state index contributed by atoms with van der Waals surface area (Å²) in [7, 11) is -0.717. The number of carbonyl (C=O) groups excluding carboxylic acids is 1. The lowest BCUT2D eigenvalue weighted by Crippen LogP contribution is -2.42. The Labute approximate surface area is 184 Å². The third-order valence-electron chi connectivity index (χ3n) is 5.40. The predicted octanol–water partition coefficient (Wildman–Crippen LogP) is 2.13. The van der Waals surface area contributed by atoms with Gasteiger partial charge < -0.3 is 14.8 Å². The number of amides is 1.